The third-order valence-corrected chi connectivity index (χ3v) is 4.23. The maximum absolute atomic E-state index is 11.0. The molecule has 3 aromatic rings. The van der Waals surface area contributed by atoms with E-state index in [2.05, 4.69) is 11.1 Å². The maximum atomic E-state index is 11.0. The molecule has 0 aliphatic carbocycles. The normalized spacial score (nSPS) is 10.2. The molecule has 0 spiro atoms. The summed E-state index contributed by atoms with van der Waals surface area (Å²) in [5.74, 6) is 0. The van der Waals surface area contributed by atoms with Crippen LogP contribution in [-0.4, -0.2) is 9.91 Å². The second-order valence-corrected chi connectivity index (χ2v) is 6.07. The van der Waals surface area contributed by atoms with Crippen molar-refractivity contribution in [3.63, 3.8) is 0 Å². The van der Waals surface area contributed by atoms with Crippen LogP contribution in [0.1, 0.15) is 5.56 Å². The van der Waals surface area contributed by atoms with E-state index in [1.165, 1.54) is 12.1 Å². The average Bonchev–Trinajstić information content (AvgIpc) is 2.61. The van der Waals surface area contributed by atoms with Crippen molar-refractivity contribution in [1.29, 1.82) is 5.26 Å². The Morgan fingerprint density at radius 2 is 1.84 bits per heavy atom. The maximum Gasteiger partial charge on any atom is 0.270 e. The topological polar surface area (TPSA) is 82.7 Å². The van der Waals surface area contributed by atoms with Crippen LogP contribution in [0.3, 0.4) is 0 Å². The molecular formula is C18H10ClN3O2S. The molecule has 0 saturated carbocycles. The zero-order chi connectivity index (χ0) is 18.0. The molecule has 122 valence electrons. The fourth-order valence-electron chi connectivity index (χ4n) is 2.47. The van der Waals surface area contributed by atoms with Gasteiger partial charge in [0.2, 0.25) is 0 Å². The summed E-state index contributed by atoms with van der Waals surface area (Å²) in [6.45, 7) is 0. The minimum Gasteiger partial charge on any atom is -0.345 e. The summed E-state index contributed by atoms with van der Waals surface area (Å²) in [5, 5.41) is 21.1. The predicted octanol–water partition coefficient (Wildman–Crippen LogP) is 5.51. The Morgan fingerprint density at radius 1 is 1.12 bits per heavy atom. The number of rotatable bonds is 3. The van der Waals surface area contributed by atoms with Crippen LogP contribution < -0.4 is 0 Å². The van der Waals surface area contributed by atoms with Crippen molar-refractivity contribution in [1.82, 2.24) is 4.98 Å². The fourth-order valence-corrected chi connectivity index (χ4v) is 2.86. The minimum atomic E-state index is -0.473. The summed E-state index contributed by atoms with van der Waals surface area (Å²) >= 11 is 11.2. The molecule has 0 aliphatic heterocycles. The van der Waals surface area contributed by atoms with Gasteiger partial charge in [0.05, 0.1) is 10.5 Å². The standard InChI is InChI=1S/C18H10ClN3O2S/c19-13-6-4-11(5-7-13)17-9-15(16(10-20)18(25)21-17)12-2-1-3-14(8-12)22(23)24/h1-9H,(H,21,25). The van der Waals surface area contributed by atoms with Gasteiger partial charge in [-0.1, -0.05) is 48.1 Å². The van der Waals surface area contributed by atoms with Crippen molar-refractivity contribution in [3.05, 3.63) is 79.9 Å². The van der Waals surface area contributed by atoms with Crippen molar-refractivity contribution >= 4 is 29.5 Å². The van der Waals surface area contributed by atoms with Crippen LogP contribution in [0.15, 0.2) is 54.6 Å². The summed E-state index contributed by atoms with van der Waals surface area (Å²) in [6, 6.07) is 17.1. The van der Waals surface area contributed by atoms with Gasteiger partial charge in [-0.3, -0.25) is 10.1 Å². The highest BCUT2D eigenvalue weighted by Gasteiger charge is 2.13. The summed E-state index contributed by atoms with van der Waals surface area (Å²) in [7, 11) is 0. The van der Waals surface area contributed by atoms with E-state index in [0.717, 1.165) is 5.56 Å². The largest absolute Gasteiger partial charge is 0.345 e. The van der Waals surface area contributed by atoms with Crippen molar-refractivity contribution in [2.24, 2.45) is 0 Å². The van der Waals surface area contributed by atoms with Crippen LogP contribution in [0.4, 0.5) is 5.69 Å². The number of hydrogen-bond donors (Lipinski definition) is 1. The lowest BCUT2D eigenvalue weighted by molar-refractivity contribution is -0.384. The van der Waals surface area contributed by atoms with Crippen molar-refractivity contribution in [2.75, 3.05) is 0 Å². The van der Waals surface area contributed by atoms with Crippen LogP contribution in [0.25, 0.3) is 22.4 Å². The van der Waals surface area contributed by atoms with Gasteiger partial charge in [-0.05, 0) is 29.3 Å². The SMILES string of the molecule is N#Cc1c(-c2cccc([N+](=O)[O-])c2)cc(-c2ccc(Cl)cc2)[nH]c1=S. The van der Waals surface area contributed by atoms with E-state index in [1.807, 2.05) is 12.1 Å². The van der Waals surface area contributed by atoms with Gasteiger partial charge in [0.15, 0.2) is 0 Å². The van der Waals surface area contributed by atoms with Crippen LogP contribution in [0.5, 0.6) is 0 Å². The molecule has 0 amide bonds. The van der Waals surface area contributed by atoms with Gasteiger partial charge in [0.25, 0.3) is 5.69 Å². The number of halogens is 1. The van der Waals surface area contributed by atoms with E-state index >= 15 is 0 Å². The molecule has 0 radical (unpaired) electrons. The number of pyridine rings is 1. The highest BCUT2D eigenvalue weighted by atomic mass is 35.5. The third kappa shape index (κ3) is 3.43. The molecule has 0 atom stereocenters. The van der Waals surface area contributed by atoms with E-state index in [0.29, 0.717) is 21.8 Å². The number of nitro benzene ring substituents is 1. The number of non-ortho nitro benzene ring substituents is 1. The summed E-state index contributed by atoms with van der Waals surface area (Å²) in [6.07, 6.45) is 0. The lowest BCUT2D eigenvalue weighted by Gasteiger charge is -2.09. The number of nitriles is 1. The van der Waals surface area contributed by atoms with Crippen LogP contribution in [0, 0.1) is 26.1 Å². The number of nitrogens with zero attached hydrogens (tertiary/aromatic N) is 2. The van der Waals surface area contributed by atoms with Gasteiger partial charge in [-0.15, -0.1) is 0 Å². The smallest absolute Gasteiger partial charge is 0.270 e. The van der Waals surface area contributed by atoms with Gasteiger partial charge in [0.1, 0.15) is 10.7 Å². The molecule has 5 nitrogen and oxygen atoms in total. The Balaban J connectivity index is 2.23. The number of benzene rings is 2. The monoisotopic (exact) mass is 367 g/mol. The zero-order valence-electron chi connectivity index (χ0n) is 12.7. The molecule has 3 rings (SSSR count). The van der Waals surface area contributed by atoms with Crippen LogP contribution >= 0.6 is 23.8 Å². The zero-order valence-corrected chi connectivity index (χ0v) is 14.3. The number of nitrogens with one attached hydrogen (secondary N) is 1. The third-order valence-electron chi connectivity index (χ3n) is 3.67. The molecule has 2 aromatic carbocycles. The second-order valence-electron chi connectivity index (χ2n) is 5.23. The molecule has 7 heteroatoms. The van der Waals surface area contributed by atoms with Gasteiger partial charge in [-0.2, -0.15) is 5.26 Å². The van der Waals surface area contributed by atoms with Crippen molar-refractivity contribution < 1.29 is 4.92 Å². The molecule has 1 aromatic heterocycles. The first kappa shape index (κ1) is 16.8. The first-order chi connectivity index (χ1) is 12.0. The molecule has 0 saturated heterocycles. The van der Waals surface area contributed by atoms with Crippen molar-refractivity contribution in [3.8, 4) is 28.5 Å². The van der Waals surface area contributed by atoms with Gasteiger partial charge in [0, 0.05) is 28.4 Å². The minimum absolute atomic E-state index is 0.0480. The highest BCUT2D eigenvalue weighted by Crippen LogP contribution is 2.31. The van der Waals surface area contributed by atoms with E-state index < -0.39 is 4.92 Å². The Bertz CT molecular complexity index is 1070. The second kappa shape index (κ2) is 6.85. The Labute approximate surface area is 153 Å². The lowest BCUT2D eigenvalue weighted by atomic mass is 9.99. The molecule has 25 heavy (non-hydrogen) atoms. The molecule has 0 fully saturated rings. The molecule has 0 unspecified atom stereocenters. The molecule has 1 heterocycles. The number of aromatic nitrogens is 1. The predicted molar refractivity (Wildman–Crippen MR) is 98.9 cm³/mol. The highest BCUT2D eigenvalue weighted by molar-refractivity contribution is 7.71. The molecular weight excluding hydrogens is 358 g/mol. The lowest BCUT2D eigenvalue weighted by Crippen LogP contribution is -1.94. The Morgan fingerprint density at radius 3 is 2.48 bits per heavy atom. The average molecular weight is 368 g/mol. The summed E-state index contributed by atoms with van der Waals surface area (Å²) < 4.78 is 0.274. The first-order valence-electron chi connectivity index (χ1n) is 7.18. The number of H-pyrrole nitrogens is 1. The Kier molecular flexibility index (Phi) is 4.61. The molecule has 1 N–H and O–H groups in total. The van der Waals surface area contributed by atoms with Crippen LogP contribution in [-0.2, 0) is 0 Å². The van der Waals surface area contributed by atoms with E-state index in [9.17, 15) is 15.4 Å². The summed E-state index contributed by atoms with van der Waals surface area (Å²) in [5.41, 5.74) is 2.86. The quantitative estimate of drug-likeness (QED) is 0.375. The van der Waals surface area contributed by atoms with Gasteiger partial charge < -0.3 is 4.98 Å². The number of hydrogen-bond acceptors (Lipinski definition) is 4. The summed E-state index contributed by atoms with van der Waals surface area (Å²) in [4.78, 5) is 13.6. The van der Waals surface area contributed by atoms with Gasteiger partial charge >= 0.3 is 0 Å². The molecule has 0 bridgehead atoms. The van der Waals surface area contributed by atoms with Crippen LogP contribution in [0.2, 0.25) is 5.02 Å². The first-order valence-corrected chi connectivity index (χ1v) is 7.96. The van der Waals surface area contributed by atoms with E-state index in [4.69, 9.17) is 23.8 Å². The molecule has 0 aliphatic rings. The Hall–Kier alpha value is -3.01. The van der Waals surface area contributed by atoms with Crippen molar-refractivity contribution in [2.45, 2.75) is 0 Å². The fraction of sp³-hybridized carbons (Fsp3) is 0. The number of aromatic amines is 1. The van der Waals surface area contributed by atoms with E-state index in [1.54, 1.807) is 30.3 Å². The van der Waals surface area contributed by atoms with Gasteiger partial charge in [-0.25, -0.2) is 0 Å². The number of nitro groups is 1. The van der Waals surface area contributed by atoms with E-state index in [-0.39, 0.29) is 15.9 Å².